The first kappa shape index (κ1) is 11.8. The molecule has 0 aliphatic heterocycles. The SMILES string of the molecule is Cn1cc(C(=O)Nc2cnn(C)c2C(N)=O)cn1. The van der Waals surface area contributed by atoms with Gasteiger partial charge in [-0.05, 0) is 0 Å². The third-order valence-electron chi connectivity index (χ3n) is 2.39. The van der Waals surface area contributed by atoms with Gasteiger partial charge in [0.2, 0.25) is 0 Å². The van der Waals surface area contributed by atoms with Crippen molar-refractivity contribution in [3.8, 4) is 0 Å². The highest BCUT2D eigenvalue weighted by Gasteiger charge is 2.17. The van der Waals surface area contributed by atoms with Crippen LogP contribution in [0.1, 0.15) is 20.8 Å². The first-order valence-corrected chi connectivity index (χ1v) is 5.11. The van der Waals surface area contributed by atoms with Crippen molar-refractivity contribution in [1.29, 1.82) is 0 Å². The van der Waals surface area contributed by atoms with Crippen molar-refractivity contribution in [2.75, 3.05) is 5.32 Å². The van der Waals surface area contributed by atoms with Gasteiger partial charge >= 0.3 is 0 Å². The van der Waals surface area contributed by atoms with E-state index in [1.54, 1.807) is 20.3 Å². The van der Waals surface area contributed by atoms with Crippen LogP contribution in [0, 0.1) is 0 Å². The van der Waals surface area contributed by atoms with Crippen molar-refractivity contribution >= 4 is 17.5 Å². The molecule has 2 heterocycles. The lowest BCUT2D eigenvalue weighted by Crippen LogP contribution is -2.20. The Hall–Kier alpha value is -2.64. The fourth-order valence-corrected chi connectivity index (χ4v) is 1.55. The zero-order valence-corrected chi connectivity index (χ0v) is 9.91. The number of anilines is 1. The van der Waals surface area contributed by atoms with E-state index in [0.29, 0.717) is 5.56 Å². The van der Waals surface area contributed by atoms with Gasteiger partial charge in [0.15, 0.2) is 0 Å². The third-order valence-corrected chi connectivity index (χ3v) is 2.39. The topological polar surface area (TPSA) is 108 Å². The molecule has 0 fully saturated rings. The van der Waals surface area contributed by atoms with E-state index in [4.69, 9.17) is 5.73 Å². The Morgan fingerprint density at radius 1 is 1.28 bits per heavy atom. The van der Waals surface area contributed by atoms with E-state index in [1.165, 1.54) is 21.8 Å². The molecule has 0 bridgehead atoms. The van der Waals surface area contributed by atoms with Gasteiger partial charge in [0.05, 0.1) is 23.6 Å². The summed E-state index contributed by atoms with van der Waals surface area (Å²) >= 11 is 0. The minimum Gasteiger partial charge on any atom is -0.364 e. The summed E-state index contributed by atoms with van der Waals surface area (Å²) < 4.78 is 2.81. The molecule has 18 heavy (non-hydrogen) atoms. The first-order valence-electron chi connectivity index (χ1n) is 5.11. The molecule has 8 nitrogen and oxygen atoms in total. The molecule has 0 aliphatic rings. The highest BCUT2D eigenvalue weighted by molar-refractivity contribution is 6.07. The molecule has 2 aromatic rings. The number of carbonyl (C=O) groups is 2. The van der Waals surface area contributed by atoms with Crippen molar-refractivity contribution in [3.63, 3.8) is 0 Å². The van der Waals surface area contributed by atoms with Crippen LogP contribution in [0.5, 0.6) is 0 Å². The Balaban J connectivity index is 2.25. The van der Waals surface area contributed by atoms with Gasteiger partial charge < -0.3 is 11.1 Å². The van der Waals surface area contributed by atoms with Crippen LogP contribution in [0.25, 0.3) is 0 Å². The van der Waals surface area contributed by atoms with E-state index in [-0.39, 0.29) is 17.3 Å². The smallest absolute Gasteiger partial charge is 0.269 e. The lowest BCUT2D eigenvalue weighted by molar-refractivity contribution is 0.0992. The highest BCUT2D eigenvalue weighted by Crippen LogP contribution is 2.14. The second kappa shape index (κ2) is 4.32. The lowest BCUT2D eigenvalue weighted by Gasteiger charge is -2.03. The Morgan fingerprint density at radius 2 is 2.00 bits per heavy atom. The molecular weight excluding hydrogens is 236 g/mol. The van der Waals surface area contributed by atoms with Gasteiger partial charge in [-0.2, -0.15) is 10.2 Å². The molecular formula is C10H12N6O2. The molecule has 3 N–H and O–H groups in total. The number of hydrogen-bond donors (Lipinski definition) is 2. The number of hydrogen-bond acceptors (Lipinski definition) is 4. The van der Waals surface area contributed by atoms with Crippen LogP contribution in [0.4, 0.5) is 5.69 Å². The Bertz CT molecular complexity index is 612. The summed E-state index contributed by atoms with van der Waals surface area (Å²) in [6.45, 7) is 0. The number of rotatable bonds is 3. The van der Waals surface area contributed by atoms with Crippen LogP contribution in [-0.2, 0) is 14.1 Å². The van der Waals surface area contributed by atoms with Crippen molar-refractivity contribution in [3.05, 3.63) is 29.8 Å². The van der Waals surface area contributed by atoms with E-state index in [9.17, 15) is 9.59 Å². The van der Waals surface area contributed by atoms with Crippen LogP contribution in [0.15, 0.2) is 18.6 Å². The van der Waals surface area contributed by atoms with Gasteiger partial charge in [-0.15, -0.1) is 0 Å². The molecule has 0 aliphatic carbocycles. The van der Waals surface area contributed by atoms with E-state index >= 15 is 0 Å². The molecule has 0 saturated heterocycles. The molecule has 2 amide bonds. The molecule has 0 radical (unpaired) electrons. The average molecular weight is 248 g/mol. The maximum Gasteiger partial charge on any atom is 0.269 e. The van der Waals surface area contributed by atoms with E-state index in [2.05, 4.69) is 15.5 Å². The van der Waals surface area contributed by atoms with Crippen molar-refractivity contribution in [2.45, 2.75) is 0 Å². The number of primary amides is 1. The van der Waals surface area contributed by atoms with Crippen LogP contribution >= 0.6 is 0 Å². The van der Waals surface area contributed by atoms with Gasteiger partial charge in [0.1, 0.15) is 5.69 Å². The summed E-state index contributed by atoms with van der Waals surface area (Å²) in [5.41, 5.74) is 6.02. The summed E-state index contributed by atoms with van der Waals surface area (Å²) in [5.74, 6) is -1.03. The maximum absolute atomic E-state index is 11.9. The zero-order chi connectivity index (χ0) is 13.3. The first-order chi connectivity index (χ1) is 8.49. The summed E-state index contributed by atoms with van der Waals surface area (Å²) in [4.78, 5) is 23.1. The predicted octanol–water partition coefficient (Wildman–Crippen LogP) is -0.495. The van der Waals surface area contributed by atoms with Crippen LogP contribution in [-0.4, -0.2) is 31.4 Å². The second-order valence-corrected chi connectivity index (χ2v) is 3.75. The zero-order valence-electron chi connectivity index (χ0n) is 9.91. The molecule has 0 spiro atoms. The largest absolute Gasteiger partial charge is 0.364 e. The summed E-state index contributed by atoms with van der Waals surface area (Å²) in [6, 6.07) is 0. The van der Waals surface area contributed by atoms with Crippen LogP contribution in [0.2, 0.25) is 0 Å². The molecule has 2 rings (SSSR count). The monoisotopic (exact) mass is 248 g/mol. The van der Waals surface area contributed by atoms with Crippen LogP contribution in [0.3, 0.4) is 0 Å². The standard InChI is InChI=1S/C10H12N6O2/c1-15-5-6(3-12-15)10(18)14-7-4-13-16(2)8(7)9(11)17/h3-5H,1-2H3,(H2,11,17)(H,14,18). The number of carbonyl (C=O) groups excluding carboxylic acids is 2. The highest BCUT2D eigenvalue weighted by atomic mass is 16.2. The van der Waals surface area contributed by atoms with Gasteiger partial charge in [-0.1, -0.05) is 0 Å². The number of amides is 2. The fourth-order valence-electron chi connectivity index (χ4n) is 1.55. The minimum absolute atomic E-state index is 0.146. The lowest BCUT2D eigenvalue weighted by atomic mass is 10.3. The van der Waals surface area contributed by atoms with Crippen molar-refractivity contribution < 1.29 is 9.59 Å². The Kier molecular flexibility index (Phi) is 2.84. The molecule has 8 heteroatoms. The Labute approximate surface area is 102 Å². The average Bonchev–Trinajstić information content (AvgIpc) is 2.85. The molecule has 0 unspecified atom stereocenters. The number of aromatic nitrogens is 4. The number of nitrogens with two attached hydrogens (primary N) is 1. The van der Waals surface area contributed by atoms with Gasteiger partial charge in [-0.3, -0.25) is 19.0 Å². The van der Waals surface area contributed by atoms with Crippen molar-refractivity contribution in [1.82, 2.24) is 19.6 Å². The summed E-state index contributed by atoms with van der Waals surface area (Å²) in [7, 11) is 3.27. The molecule has 0 atom stereocenters. The van der Waals surface area contributed by atoms with E-state index in [1.807, 2.05) is 0 Å². The molecule has 2 aromatic heterocycles. The second-order valence-electron chi connectivity index (χ2n) is 3.75. The maximum atomic E-state index is 11.9. The van der Waals surface area contributed by atoms with Crippen LogP contribution < -0.4 is 11.1 Å². The van der Waals surface area contributed by atoms with Gasteiger partial charge in [0.25, 0.3) is 11.8 Å². The minimum atomic E-state index is -0.656. The van der Waals surface area contributed by atoms with Crippen molar-refractivity contribution in [2.24, 2.45) is 19.8 Å². The predicted molar refractivity (Wildman–Crippen MR) is 62.9 cm³/mol. The van der Waals surface area contributed by atoms with E-state index < -0.39 is 5.91 Å². The number of nitrogens with one attached hydrogen (secondary N) is 1. The normalized spacial score (nSPS) is 10.3. The summed E-state index contributed by atoms with van der Waals surface area (Å²) in [5, 5.41) is 10.3. The van der Waals surface area contributed by atoms with E-state index in [0.717, 1.165) is 0 Å². The molecule has 0 saturated carbocycles. The summed E-state index contributed by atoms with van der Waals surface area (Å²) in [6.07, 6.45) is 4.36. The molecule has 94 valence electrons. The third kappa shape index (κ3) is 2.08. The fraction of sp³-hybridized carbons (Fsp3) is 0.200. The quantitative estimate of drug-likeness (QED) is 0.763. The molecule has 0 aromatic carbocycles. The number of nitrogens with zero attached hydrogens (tertiary/aromatic N) is 4. The van der Waals surface area contributed by atoms with Gasteiger partial charge in [0, 0.05) is 20.3 Å². The Morgan fingerprint density at radius 3 is 2.56 bits per heavy atom. The number of aryl methyl sites for hydroxylation is 2. The van der Waals surface area contributed by atoms with Gasteiger partial charge in [-0.25, -0.2) is 0 Å².